The maximum atomic E-state index is 12.8. The molecule has 0 atom stereocenters. The number of hydrogen-bond acceptors (Lipinski definition) is 3. The van der Waals surface area contributed by atoms with Crippen LogP contribution >= 0.6 is 11.3 Å². The summed E-state index contributed by atoms with van der Waals surface area (Å²) >= 11 is 1.42. The smallest absolute Gasteiger partial charge is 0.261 e. The first-order chi connectivity index (χ1) is 10.1. The van der Waals surface area contributed by atoms with Gasteiger partial charge in [0.1, 0.15) is 5.82 Å². The molecule has 1 heterocycles. The summed E-state index contributed by atoms with van der Waals surface area (Å²) in [6.07, 6.45) is 0. The Hall–Kier alpha value is -2.40. The van der Waals surface area contributed by atoms with Gasteiger partial charge in [0, 0.05) is 16.9 Å². The van der Waals surface area contributed by atoms with Crippen LogP contribution in [0.3, 0.4) is 0 Å². The molecule has 3 aromatic rings. The fourth-order valence-electron chi connectivity index (χ4n) is 2.05. The van der Waals surface area contributed by atoms with E-state index < -0.39 is 0 Å². The van der Waals surface area contributed by atoms with Gasteiger partial charge in [-0.2, -0.15) is 0 Å². The highest BCUT2D eigenvalue weighted by molar-refractivity contribution is 7.20. The third-order valence-corrected chi connectivity index (χ3v) is 4.25. The molecule has 3 rings (SSSR count). The normalized spacial score (nSPS) is 10.7. The minimum atomic E-state index is -0.285. The number of nitrogens with two attached hydrogens (primary N) is 1. The average molecular weight is 300 g/mol. The quantitative estimate of drug-likeness (QED) is 0.727. The van der Waals surface area contributed by atoms with Crippen LogP contribution in [0.4, 0.5) is 10.1 Å². The van der Waals surface area contributed by atoms with Crippen LogP contribution in [-0.4, -0.2) is 5.91 Å². The van der Waals surface area contributed by atoms with Gasteiger partial charge in [-0.25, -0.2) is 4.39 Å². The monoisotopic (exact) mass is 300 g/mol. The van der Waals surface area contributed by atoms with Gasteiger partial charge < -0.3 is 11.1 Å². The number of amides is 1. The van der Waals surface area contributed by atoms with Gasteiger partial charge >= 0.3 is 0 Å². The maximum absolute atomic E-state index is 12.8. The molecule has 0 bridgehead atoms. The third-order valence-electron chi connectivity index (χ3n) is 3.13. The molecule has 0 saturated carbocycles. The fraction of sp³-hybridized carbons (Fsp3) is 0.0625. The van der Waals surface area contributed by atoms with Gasteiger partial charge in [-0.3, -0.25) is 4.79 Å². The summed E-state index contributed by atoms with van der Waals surface area (Å²) in [5.41, 5.74) is 7.27. The minimum absolute atomic E-state index is 0.140. The van der Waals surface area contributed by atoms with Crippen molar-refractivity contribution in [1.82, 2.24) is 5.32 Å². The second-order valence-electron chi connectivity index (χ2n) is 4.72. The first kappa shape index (κ1) is 13.6. The lowest BCUT2D eigenvalue weighted by molar-refractivity contribution is 0.0955. The Morgan fingerprint density at radius 3 is 2.67 bits per heavy atom. The Morgan fingerprint density at radius 2 is 1.90 bits per heavy atom. The van der Waals surface area contributed by atoms with Crippen molar-refractivity contribution in [2.45, 2.75) is 6.54 Å². The van der Waals surface area contributed by atoms with E-state index in [4.69, 9.17) is 5.73 Å². The number of carbonyl (C=O) groups excluding carboxylic acids is 1. The van der Waals surface area contributed by atoms with Crippen LogP contribution in [0.5, 0.6) is 0 Å². The van der Waals surface area contributed by atoms with Crippen LogP contribution in [-0.2, 0) is 6.54 Å². The van der Waals surface area contributed by atoms with Gasteiger partial charge in [0.2, 0.25) is 0 Å². The van der Waals surface area contributed by atoms with E-state index in [1.54, 1.807) is 12.1 Å². The van der Waals surface area contributed by atoms with E-state index in [2.05, 4.69) is 5.32 Å². The molecule has 3 N–H and O–H groups in total. The molecule has 0 aliphatic rings. The van der Waals surface area contributed by atoms with Gasteiger partial charge in [-0.05, 0) is 47.3 Å². The zero-order valence-electron chi connectivity index (χ0n) is 11.1. The highest BCUT2D eigenvalue weighted by atomic mass is 32.1. The lowest BCUT2D eigenvalue weighted by Gasteiger charge is -2.03. The molecule has 21 heavy (non-hydrogen) atoms. The summed E-state index contributed by atoms with van der Waals surface area (Å²) in [6.45, 7) is 0.371. The first-order valence-electron chi connectivity index (χ1n) is 6.43. The molecule has 0 fully saturated rings. The Morgan fingerprint density at radius 1 is 1.14 bits per heavy atom. The first-order valence-corrected chi connectivity index (χ1v) is 7.25. The zero-order chi connectivity index (χ0) is 14.8. The van der Waals surface area contributed by atoms with Crippen molar-refractivity contribution < 1.29 is 9.18 Å². The van der Waals surface area contributed by atoms with Crippen molar-refractivity contribution in [1.29, 1.82) is 0 Å². The van der Waals surface area contributed by atoms with E-state index in [-0.39, 0.29) is 11.7 Å². The largest absolute Gasteiger partial charge is 0.399 e. The Bertz CT molecular complexity index is 796. The summed E-state index contributed by atoms with van der Waals surface area (Å²) in [5, 5.41) is 3.79. The molecule has 0 saturated heterocycles. The van der Waals surface area contributed by atoms with Crippen LogP contribution in [0, 0.1) is 5.82 Å². The third kappa shape index (κ3) is 3.03. The number of nitrogen functional groups attached to an aromatic ring is 1. The van der Waals surface area contributed by atoms with E-state index in [0.717, 1.165) is 15.6 Å². The number of fused-ring (bicyclic) bond motifs is 1. The topological polar surface area (TPSA) is 55.1 Å². The van der Waals surface area contributed by atoms with Gasteiger partial charge in [0.15, 0.2) is 0 Å². The van der Waals surface area contributed by atoms with Crippen LogP contribution in [0.15, 0.2) is 48.5 Å². The molecular weight excluding hydrogens is 287 g/mol. The molecule has 1 aromatic heterocycles. The molecule has 0 radical (unpaired) electrons. The average Bonchev–Trinajstić information content (AvgIpc) is 2.89. The number of benzene rings is 2. The van der Waals surface area contributed by atoms with E-state index in [9.17, 15) is 9.18 Å². The zero-order valence-corrected chi connectivity index (χ0v) is 11.9. The van der Waals surface area contributed by atoms with Crippen molar-refractivity contribution in [3.8, 4) is 0 Å². The number of nitrogens with one attached hydrogen (secondary N) is 1. The van der Waals surface area contributed by atoms with E-state index in [1.807, 2.05) is 24.3 Å². The number of carbonyl (C=O) groups is 1. The lowest BCUT2D eigenvalue weighted by Crippen LogP contribution is -2.21. The molecular formula is C16H13FN2OS. The summed E-state index contributed by atoms with van der Waals surface area (Å²) in [6, 6.07) is 13.5. The van der Waals surface area contributed by atoms with Gasteiger partial charge in [0.05, 0.1) is 4.88 Å². The van der Waals surface area contributed by atoms with Crippen LogP contribution in [0.25, 0.3) is 10.1 Å². The predicted molar refractivity (Wildman–Crippen MR) is 83.8 cm³/mol. The van der Waals surface area contributed by atoms with Crippen LogP contribution in [0.1, 0.15) is 15.2 Å². The standard InChI is InChI=1S/C16H13FN2OS/c17-12-3-1-10(2-4-12)9-19-16(20)15-8-11-7-13(18)5-6-14(11)21-15/h1-8H,9,18H2,(H,19,20). The second-order valence-corrected chi connectivity index (χ2v) is 5.80. The SMILES string of the molecule is Nc1ccc2sc(C(=O)NCc3ccc(F)cc3)cc2c1. The minimum Gasteiger partial charge on any atom is -0.399 e. The fourth-order valence-corrected chi connectivity index (χ4v) is 3.00. The van der Waals surface area contributed by atoms with Gasteiger partial charge in [-0.1, -0.05) is 12.1 Å². The number of hydrogen-bond donors (Lipinski definition) is 2. The molecule has 5 heteroatoms. The molecule has 0 spiro atoms. The highest BCUT2D eigenvalue weighted by Gasteiger charge is 2.10. The van der Waals surface area contributed by atoms with Crippen molar-refractivity contribution in [3.05, 3.63) is 64.8 Å². The lowest BCUT2D eigenvalue weighted by atomic mass is 10.2. The van der Waals surface area contributed by atoms with Gasteiger partial charge in [0.25, 0.3) is 5.91 Å². The van der Waals surface area contributed by atoms with Crippen molar-refractivity contribution in [2.24, 2.45) is 0 Å². The number of thiophene rings is 1. The molecule has 2 aromatic carbocycles. The number of rotatable bonds is 3. The molecule has 3 nitrogen and oxygen atoms in total. The second kappa shape index (κ2) is 5.54. The summed E-state index contributed by atoms with van der Waals surface area (Å²) in [4.78, 5) is 12.8. The summed E-state index contributed by atoms with van der Waals surface area (Å²) < 4.78 is 13.8. The Balaban J connectivity index is 1.73. The molecule has 1 amide bonds. The van der Waals surface area contributed by atoms with Gasteiger partial charge in [-0.15, -0.1) is 11.3 Å². The highest BCUT2D eigenvalue weighted by Crippen LogP contribution is 2.27. The van der Waals surface area contributed by atoms with E-state index in [0.29, 0.717) is 17.1 Å². The molecule has 0 aliphatic carbocycles. The van der Waals surface area contributed by atoms with Crippen LogP contribution in [0.2, 0.25) is 0 Å². The summed E-state index contributed by atoms with van der Waals surface area (Å²) in [7, 11) is 0. The van der Waals surface area contributed by atoms with Crippen molar-refractivity contribution in [3.63, 3.8) is 0 Å². The van der Waals surface area contributed by atoms with E-state index in [1.165, 1.54) is 23.5 Å². The Labute approximate surface area is 125 Å². The van der Waals surface area contributed by atoms with Crippen LogP contribution < -0.4 is 11.1 Å². The Kier molecular flexibility index (Phi) is 3.58. The van der Waals surface area contributed by atoms with Crippen molar-refractivity contribution >= 4 is 33.0 Å². The molecule has 0 aliphatic heterocycles. The predicted octanol–water partition coefficient (Wildman–Crippen LogP) is 3.55. The molecule has 0 unspecified atom stereocenters. The number of anilines is 1. The van der Waals surface area contributed by atoms with Crippen molar-refractivity contribution in [2.75, 3.05) is 5.73 Å². The molecule has 106 valence electrons. The maximum Gasteiger partial charge on any atom is 0.261 e. The summed E-state index contributed by atoms with van der Waals surface area (Å²) in [5.74, 6) is -0.425. The van der Waals surface area contributed by atoms with E-state index >= 15 is 0 Å². The number of halogens is 1.